The highest BCUT2D eigenvalue weighted by molar-refractivity contribution is 4.86. The second-order valence-corrected chi connectivity index (χ2v) is 6.48. The lowest BCUT2D eigenvalue weighted by Gasteiger charge is -2.40. The second-order valence-electron chi connectivity index (χ2n) is 6.48. The lowest BCUT2D eigenvalue weighted by Crippen LogP contribution is -2.50. The number of hydrogen-bond donors (Lipinski definition) is 1. The molecule has 3 aliphatic rings. The predicted octanol–water partition coefficient (Wildman–Crippen LogP) is 2.78. The van der Waals surface area contributed by atoms with Crippen molar-refractivity contribution in [2.75, 3.05) is 19.6 Å². The predicted molar refractivity (Wildman–Crippen MR) is 72.2 cm³/mol. The summed E-state index contributed by atoms with van der Waals surface area (Å²) in [6.45, 7) is 3.99. The van der Waals surface area contributed by atoms with Crippen LogP contribution in [0.2, 0.25) is 0 Å². The maximum atomic E-state index is 3.81. The Bertz CT molecular complexity index is 231. The summed E-state index contributed by atoms with van der Waals surface area (Å²) in [6, 6.07) is 1.72. The van der Waals surface area contributed by atoms with E-state index in [0.29, 0.717) is 0 Å². The number of piperidine rings is 1. The van der Waals surface area contributed by atoms with Crippen LogP contribution in [0.1, 0.15) is 57.8 Å². The van der Waals surface area contributed by atoms with Crippen LogP contribution >= 0.6 is 0 Å². The maximum Gasteiger partial charge on any atom is 0.0195 e. The van der Waals surface area contributed by atoms with Gasteiger partial charge >= 0.3 is 0 Å². The number of nitrogens with one attached hydrogen (secondary N) is 1. The molecule has 2 heteroatoms. The zero-order valence-corrected chi connectivity index (χ0v) is 11.2. The molecular formula is C15H28N2. The van der Waals surface area contributed by atoms with Gasteiger partial charge in [-0.3, -0.25) is 4.90 Å². The topological polar surface area (TPSA) is 15.3 Å². The van der Waals surface area contributed by atoms with Crippen molar-refractivity contribution >= 4 is 0 Å². The molecule has 98 valence electrons. The van der Waals surface area contributed by atoms with Crippen molar-refractivity contribution in [1.29, 1.82) is 0 Å². The van der Waals surface area contributed by atoms with Gasteiger partial charge in [0.15, 0.2) is 0 Å². The van der Waals surface area contributed by atoms with Crippen LogP contribution in [0.25, 0.3) is 0 Å². The fraction of sp³-hybridized carbons (Fsp3) is 1.00. The average Bonchev–Trinajstić information content (AvgIpc) is 3.22. The summed E-state index contributed by atoms with van der Waals surface area (Å²) < 4.78 is 0. The molecule has 3 rings (SSSR count). The van der Waals surface area contributed by atoms with Crippen molar-refractivity contribution < 1.29 is 0 Å². The quantitative estimate of drug-likeness (QED) is 0.807. The third kappa shape index (κ3) is 3.45. The van der Waals surface area contributed by atoms with E-state index in [0.717, 1.165) is 18.0 Å². The molecular weight excluding hydrogens is 208 g/mol. The molecule has 3 fully saturated rings. The highest BCUT2D eigenvalue weighted by atomic mass is 15.2. The van der Waals surface area contributed by atoms with Gasteiger partial charge in [-0.15, -0.1) is 0 Å². The highest BCUT2D eigenvalue weighted by Crippen LogP contribution is 2.29. The molecule has 0 spiro atoms. The van der Waals surface area contributed by atoms with Gasteiger partial charge in [0, 0.05) is 18.6 Å². The van der Waals surface area contributed by atoms with Gasteiger partial charge < -0.3 is 5.32 Å². The Morgan fingerprint density at radius 2 is 1.71 bits per heavy atom. The standard InChI is InChI=1S/C15H28N2/c1-2-6-15(7-3-1)17-10-4-5-14(12-17)16-11-13-8-9-13/h13-16H,1-12H2. The van der Waals surface area contributed by atoms with Gasteiger partial charge in [0.25, 0.3) is 0 Å². The molecule has 2 nitrogen and oxygen atoms in total. The number of likely N-dealkylation sites (tertiary alicyclic amines) is 1. The molecule has 1 heterocycles. The van der Waals surface area contributed by atoms with Crippen LogP contribution in [-0.2, 0) is 0 Å². The minimum absolute atomic E-state index is 0.797. The first-order chi connectivity index (χ1) is 8.42. The first-order valence-electron chi connectivity index (χ1n) is 7.89. The van der Waals surface area contributed by atoms with Crippen LogP contribution < -0.4 is 5.32 Å². The van der Waals surface area contributed by atoms with Crippen LogP contribution in [0.3, 0.4) is 0 Å². The number of hydrogen-bond acceptors (Lipinski definition) is 2. The Hall–Kier alpha value is -0.0800. The second kappa shape index (κ2) is 5.71. The van der Waals surface area contributed by atoms with E-state index in [4.69, 9.17) is 0 Å². The normalized spacial score (nSPS) is 32.8. The van der Waals surface area contributed by atoms with Crippen LogP contribution in [0.4, 0.5) is 0 Å². The summed E-state index contributed by atoms with van der Waals surface area (Å²) in [4.78, 5) is 2.80. The molecule has 1 atom stereocenters. The smallest absolute Gasteiger partial charge is 0.0195 e. The summed E-state index contributed by atoms with van der Waals surface area (Å²) in [7, 11) is 0. The Kier molecular flexibility index (Phi) is 4.02. The Labute approximate surface area is 106 Å². The fourth-order valence-electron chi connectivity index (χ4n) is 3.61. The van der Waals surface area contributed by atoms with Gasteiger partial charge in [0.2, 0.25) is 0 Å². The largest absolute Gasteiger partial charge is 0.312 e. The molecule has 0 aromatic carbocycles. The summed E-state index contributed by atoms with van der Waals surface area (Å²) in [5.74, 6) is 1.03. The third-order valence-corrected chi connectivity index (χ3v) is 4.94. The van der Waals surface area contributed by atoms with E-state index in [-0.39, 0.29) is 0 Å². The molecule has 1 saturated heterocycles. The van der Waals surface area contributed by atoms with E-state index in [1.807, 2.05) is 0 Å². The summed E-state index contributed by atoms with van der Waals surface area (Å²) in [5, 5.41) is 3.81. The molecule has 0 aromatic rings. The molecule has 2 saturated carbocycles. The molecule has 0 bridgehead atoms. The SMILES string of the molecule is C1CCC(N2CCCC(NCC3CC3)C2)CC1. The third-order valence-electron chi connectivity index (χ3n) is 4.94. The number of nitrogens with zero attached hydrogens (tertiary/aromatic N) is 1. The molecule has 1 aliphatic heterocycles. The molecule has 1 N–H and O–H groups in total. The lowest BCUT2D eigenvalue weighted by atomic mass is 9.92. The Balaban J connectivity index is 1.44. The maximum absolute atomic E-state index is 3.81. The molecule has 1 unspecified atom stereocenters. The van der Waals surface area contributed by atoms with Crippen molar-refractivity contribution in [3.63, 3.8) is 0 Å². The van der Waals surface area contributed by atoms with Crippen molar-refractivity contribution in [2.24, 2.45) is 5.92 Å². The summed E-state index contributed by atoms with van der Waals surface area (Å²) >= 11 is 0. The molecule has 2 aliphatic carbocycles. The van der Waals surface area contributed by atoms with Crippen LogP contribution in [0.15, 0.2) is 0 Å². The molecule has 0 amide bonds. The van der Waals surface area contributed by atoms with Gasteiger partial charge in [0.1, 0.15) is 0 Å². The number of rotatable bonds is 4. The van der Waals surface area contributed by atoms with Crippen molar-refractivity contribution in [3.8, 4) is 0 Å². The Morgan fingerprint density at radius 3 is 2.47 bits per heavy atom. The first kappa shape index (κ1) is 12.0. The molecule has 0 aromatic heterocycles. The van der Waals surface area contributed by atoms with E-state index < -0.39 is 0 Å². The van der Waals surface area contributed by atoms with Gasteiger partial charge in [-0.2, -0.15) is 0 Å². The van der Waals surface area contributed by atoms with Gasteiger partial charge in [-0.1, -0.05) is 19.3 Å². The monoisotopic (exact) mass is 236 g/mol. The summed E-state index contributed by atoms with van der Waals surface area (Å²) in [5.41, 5.74) is 0. The zero-order valence-electron chi connectivity index (χ0n) is 11.2. The van der Waals surface area contributed by atoms with E-state index in [1.54, 1.807) is 0 Å². The van der Waals surface area contributed by atoms with Gasteiger partial charge in [0.05, 0.1) is 0 Å². The van der Waals surface area contributed by atoms with Crippen molar-refractivity contribution in [3.05, 3.63) is 0 Å². The van der Waals surface area contributed by atoms with Gasteiger partial charge in [-0.05, 0) is 57.5 Å². The minimum Gasteiger partial charge on any atom is -0.312 e. The minimum atomic E-state index is 0.797. The zero-order chi connectivity index (χ0) is 11.5. The first-order valence-corrected chi connectivity index (χ1v) is 7.89. The van der Waals surface area contributed by atoms with E-state index in [2.05, 4.69) is 10.2 Å². The highest BCUT2D eigenvalue weighted by Gasteiger charge is 2.28. The van der Waals surface area contributed by atoms with Gasteiger partial charge in [-0.25, -0.2) is 0 Å². The van der Waals surface area contributed by atoms with Crippen molar-refractivity contribution in [2.45, 2.75) is 69.9 Å². The fourth-order valence-corrected chi connectivity index (χ4v) is 3.61. The van der Waals surface area contributed by atoms with Crippen LogP contribution in [0, 0.1) is 5.92 Å². The summed E-state index contributed by atoms with van der Waals surface area (Å²) in [6.07, 6.45) is 13.1. The van der Waals surface area contributed by atoms with E-state index >= 15 is 0 Å². The van der Waals surface area contributed by atoms with E-state index in [1.165, 1.54) is 77.4 Å². The van der Waals surface area contributed by atoms with Crippen molar-refractivity contribution in [1.82, 2.24) is 10.2 Å². The van der Waals surface area contributed by atoms with Crippen LogP contribution in [-0.4, -0.2) is 36.6 Å². The van der Waals surface area contributed by atoms with Crippen LogP contribution in [0.5, 0.6) is 0 Å². The molecule has 17 heavy (non-hydrogen) atoms. The van der Waals surface area contributed by atoms with E-state index in [9.17, 15) is 0 Å². The average molecular weight is 236 g/mol. The lowest BCUT2D eigenvalue weighted by molar-refractivity contribution is 0.110. The Morgan fingerprint density at radius 1 is 0.882 bits per heavy atom. The molecule has 0 radical (unpaired) electrons.